The van der Waals surface area contributed by atoms with Crippen LogP contribution in [0.5, 0.6) is 0 Å². The zero-order valence-electron chi connectivity index (χ0n) is 12.7. The van der Waals surface area contributed by atoms with E-state index in [9.17, 15) is 4.79 Å². The Morgan fingerprint density at radius 1 is 1.10 bits per heavy atom. The summed E-state index contributed by atoms with van der Waals surface area (Å²) in [7, 11) is 0. The highest BCUT2D eigenvalue weighted by Crippen LogP contribution is 2.10. The van der Waals surface area contributed by atoms with E-state index in [1.807, 2.05) is 17.3 Å². The predicted octanol–water partition coefficient (Wildman–Crippen LogP) is 1.24. The zero-order valence-corrected chi connectivity index (χ0v) is 12.7. The number of carbonyl (C=O) groups excluding carboxylic acids is 1. The second-order valence-electron chi connectivity index (χ2n) is 5.61. The van der Waals surface area contributed by atoms with Crippen molar-refractivity contribution in [2.45, 2.75) is 32.2 Å². The molecule has 2 heterocycles. The first-order valence-corrected chi connectivity index (χ1v) is 7.88. The van der Waals surface area contributed by atoms with Gasteiger partial charge in [-0.05, 0) is 37.1 Å². The molecule has 2 rings (SSSR count). The van der Waals surface area contributed by atoms with Crippen LogP contribution in [0.3, 0.4) is 0 Å². The molecule has 0 atom stereocenters. The molecule has 116 valence electrons. The smallest absolute Gasteiger partial charge is 0.222 e. The van der Waals surface area contributed by atoms with Gasteiger partial charge in [0.25, 0.3) is 0 Å². The molecule has 0 spiro atoms. The van der Waals surface area contributed by atoms with E-state index in [1.165, 1.54) is 5.56 Å². The first-order valence-electron chi connectivity index (χ1n) is 7.88. The molecule has 5 nitrogen and oxygen atoms in total. The Balaban J connectivity index is 1.67. The summed E-state index contributed by atoms with van der Waals surface area (Å²) in [5.41, 5.74) is 6.75. The summed E-state index contributed by atoms with van der Waals surface area (Å²) < 4.78 is 0. The summed E-state index contributed by atoms with van der Waals surface area (Å²) in [5.74, 6) is 0.301. The van der Waals surface area contributed by atoms with Gasteiger partial charge < -0.3 is 10.6 Å². The van der Waals surface area contributed by atoms with Crippen LogP contribution in [0.1, 0.15) is 31.2 Å². The van der Waals surface area contributed by atoms with Gasteiger partial charge in [-0.2, -0.15) is 0 Å². The van der Waals surface area contributed by atoms with Gasteiger partial charge in [-0.1, -0.05) is 6.42 Å². The molecule has 1 fully saturated rings. The Bertz CT molecular complexity index is 416. The molecular weight excluding hydrogens is 264 g/mol. The molecule has 5 heteroatoms. The standard InChI is InChI=1S/C16H26N4O/c17-7-3-1-2-4-16(21)20-12-10-19(11-13-20)14-15-5-8-18-9-6-15/h5-6,8-9H,1-4,7,10-14,17H2. The van der Waals surface area contributed by atoms with Gasteiger partial charge in [-0.25, -0.2) is 0 Å². The minimum atomic E-state index is 0.301. The molecular formula is C16H26N4O. The molecule has 0 saturated carbocycles. The van der Waals surface area contributed by atoms with E-state index in [0.29, 0.717) is 12.3 Å². The van der Waals surface area contributed by atoms with Crippen molar-refractivity contribution in [1.29, 1.82) is 0 Å². The fourth-order valence-corrected chi connectivity index (χ4v) is 2.66. The number of hydrogen-bond acceptors (Lipinski definition) is 4. The Labute approximate surface area is 127 Å². The maximum atomic E-state index is 12.1. The summed E-state index contributed by atoms with van der Waals surface area (Å²) >= 11 is 0. The highest BCUT2D eigenvalue weighted by atomic mass is 16.2. The fourth-order valence-electron chi connectivity index (χ4n) is 2.66. The van der Waals surface area contributed by atoms with Crippen molar-refractivity contribution in [1.82, 2.24) is 14.8 Å². The fraction of sp³-hybridized carbons (Fsp3) is 0.625. The number of nitrogens with two attached hydrogens (primary N) is 1. The Morgan fingerprint density at radius 3 is 2.48 bits per heavy atom. The lowest BCUT2D eigenvalue weighted by atomic mass is 10.1. The van der Waals surface area contributed by atoms with Crippen molar-refractivity contribution in [3.63, 3.8) is 0 Å². The van der Waals surface area contributed by atoms with Gasteiger partial charge in [0.15, 0.2) is 0 Å². The lowest BCUT2D eigenvalue weighted by molar-refractivity contribution is -0.133. The third-order valence-electron chi connectivity index (χ3n) is 3.98. The molecule has 0 aliphatic carbocycles. The summed E-state index contributed by atoms with van der Waals surface area (Å²) in [5, 5.41) is 0. The van der Waals surface area contributed by atoms with Crippen LogP contribution in [0, 0.1) is 0 Å². The van der Waals surface area contributed by atoms with Crippen molar-refractivity contribution >= 4 is 5.91 Å². The Morgan fingerprint density at radius 2 is 1.81 bits per heavy atom. The lowest BCUT2D eigenvalue weighted by Crippen LogP contribution is -2.48. The number of nitrogens with zero attached hydrogens (tertiary/aromatic N) is 3. The van der Waals surface area contributed by atoms with Crippen LogP contribution >= 0.6 is 0 Å². The van der Waals surface area contributed by atoms with Gasteiger partial charge in [0.2, 0.25) is 5.91 Å². The Kier molecular flexibility index (Phi) is 6.63. The third-order valence-corrected chi connectivity index (χ3v) is 3.98. The van der Waals surface area contributed by atoms with E-state index in [-0.39, 0.29) is 0 Å². The van der Waals surface area contributed by atoms with Crippen LogP contribution in [-0.4, -0.2) is 53.4 Å². The number of aromatic nitrogens is 1. The average molecular weight is 290 g/mol. The first-order chi connectivity index (χ1) is 10.3. The van der Waals surface area contributed by atoms with Gasteiger partial charge in [0.05, 0.1) is 0 Å². The molecule has 1 aliphatic heterocycles. The van der Waals surface area contributed by atoms with Crippen molar-refractivity contribution in [3.05, 3.63) is 30.1 Å². The van der Waals surface area contributed by atoms with E-state index in [4.69, 9.17) is 5.73 Å². The van der Waals surface area contributed by atoms with Crippen molar-refractivity contribution in [2.24, 2.45) is 5.73 Å². The minimum Gasteiger partial charge on any atom is -0.340 e. The largest absolute Gasteiger partial charge is 0.340 e. The zero-order chi connectivity index (χ0) is 14.9. The molecule has 1 aliphatic rings. The quantitative estimate of drug-likeness (QED) is 0.768. The van der Waals surface area contributed by atoms with Gasteiger partial charge in [0, 0.05) is 51.5 Å². The molecule has 1 aromatic rings. The third kappa shape index (κ3) is 5.44. The van der Waals surface area contributed by atoms with Crippen LogP contribution in [0.25, 0.3) is 0 Å². The van der Waals surface area contributed by atoms with Crippen LogP contribution in [0.15, 0.2) is 24.5 Å². The number of piperazine rings is 1. The molecule has 2 N–H and O–H groups in total. The van der Waals surface area contributed by atoms with Crippen molar-refractivity contribution in [3.8, 4) is 0 Å². The van der Waals surface area contributed by atoms with Crippen molar-refractivity contribution in [2.75, 3.05) is 32.7 Å². The van der Waals surface area contributed by atoms with E-state index in [0.717, 1.165) is 58.5 Å². The SMILES string of the molecule is NCCCCCC(=O)N1CCN(Cc2ccncc2)CC1. The van der Waals surface area contributed by atoms with Crippen LogP contribution < -0.4 is 5.73 Å². The van der Waals surface area contributed by atoms with Crippen LogP contribution in [-0.2, 0) is 11.3 Å². The van der Waals surface area contributed by atoms with Gasteiger partial charge in [0.1, 0.15) is 0 Å². The van der Waals surface area contributed by atoms with Crippen molar-refractivity contribution < 1.29 is 4.79 Å². The number of carbonyl (C=O) groups is 1. The van der Waals surface area contributed by atoms with Gasteiger partial charge in [-0.3, -0.25) is 14.7 Å². The van der Waals surface area contributed by atoms with Crippen LogP contribution in [0.2, 0.25) is 0 Å². The number of unbranched alkanes of at least 4 members (excludes halogenated alkanes) is 2. The molecule has 0 bridgehead atoms. The average Bonchev–Trinajstić information content (AvgIpc) is 2.53. The maximum Gasteiger partial charge on any atom is 0.222 e. The van der Waals surface area contributed by atoms with Crippen LogP contribution in [0.4, 0.5) is 0 Å². The van der Waals surface area contributed by atoms with Gasteiger partial charge in [-0.15, -0.1) is 0 Å². The second kappa shape index (κ2) is 8.74. The molecule has 1 aromatic heterocycles. The molecule has 0 aromatic carbocycles. The van der Waals surface area contributed by atoms with E-state index < -0.39 is 0 Å². The molecule has 0 unspecified atom stereocenters. The van der Waals surface area contributed by atoms with E-state index >= 15 is 0 Å². The first kappa shape index (κ1) is 15.9. The topological polar surface area (TPSA) is 62.5 Å². The molecule has 1 amide bonds. The molecule has 1 saturated heterocycles. The van der Waals surface area contributed by atoms with E-state index in [2.05, 4.69) is 22.0 Å². The summed E-state index contributed by atoms with van der Waals surface area (Å²) in [6.07, 6.45) is 7.38. The predicted molar refractivity (Wildman–Crippen MR) is 83.6 cm³/mol. The monoisotopic (exact) mass is 290 g/mol. The second-order valence-corrected chi connectivity index (χ2v) is 5.61. The highest BCUT2D eigenvalue weighted by molar-refractivity contribution is 5.76. The summed E-state index contributed by atoms with van der Waals surface area (Å²) in [4.78, 5) is 20.5. The molecule has 21 heavy (non-hydrogen) atoms. The lowest BCUT2D eigenvalue weighted by Gasteiger charge is -2.34. The Hall–Kier alpha value is -1.46. The van der Waals surface area contributed by atoms with E-state index in [1.54, 1.807) is 0 Å². The summed E-state index contributed by atoms with van der Waals surface area (Å²) in [6.45, 7) is 5.28. The maximum absolute atomic E-state index is 12.1. The highest BCUT2D eigenvalue weighted by Gasteiger charge is 2.20. The number of rotatable bonds is 7. The normalized spacial score (nSPS) is 16.1. The summed E-state index contributed by atoms with van der Waals surface area (Å²) in [6, 6.07) is 4.10. The molecule has 0 radical (unpaired) electrons. The minimum absolute atomic E-state index is 0.301. The van der Waals surface area contributed by atoms with Gasteiger partial charge >= 0.3 is 0 Å². The number of hydrogen-bond donors (Lipinski definition) is 1. The number of amides is 1. The number of pyridine rings is 1.